The summed E-state index contributed by atoms with van der Waals surface area (Å²) in [6.45, 7) is 2.27. The van der Waals surface area contributed by atoms with Gasteiger partial charge in [-0.3, -0.25) is 0 Å². The standard InChI is InChI=1S/C13H16Cl2N2O3/c1-3-4-7-20-13(19)17(2)12(18)16-9-5-6-10(14)11(15)8-9/h5-6,8H,3-4,7H2,1-2H3,(H,16,18). The molecule has 0 atom stereocenters. The summed E-state index contributed by atoms with van der Waals surface area (Å²) in [6, 6.07) is 4.03. The molecule has 0 saturated carbocycles. The molecule has 0 aliphatic heterocycles. The van der Waals surface area contributed by atoms with E-state index in [1.165, 1.54) is 13.1 Å². The lowest BCUT2D eigenvalue weighted by molar-refractivity contribution is 0.118. The van der Waals surface area contributed by atoms with E-state index in [4.69, 9.17) is 27.9 Å². The van der Waals surface area contributed by atoms with Gasteiger partial charge in [0.05, 0.1) is 16.7 Å². The van der Waals surface area contributed by atoms with Crippen molar-refractivity contribution in [2.45, 2.75) is 19.8 Å². The molecule has 1 aromatic rings. The summed E-state index contributed by atoms with van der Waals surface area (Å²) in [6.07, 6.45) is 0.969. The highest BCUT2D eigenvalue weighted by Crippen LogP contribution is 2.25. The van der Waals surface area contributed by atoms with Gasteiger partial charge in [-0.25, -0.2) is 14.5 Å². The molecule has 0 heterocycles. The average molecular weight is 319 g/mol. The fraction of sp³-hybridized carbons (Fsp3) is 0.385. The molecule has 110 valence electrons. The second kappa shape index (κ2) is 7.97. The van der Waals surface area contributed by atoms with Gasteiger partial charge in [0.2, 0.25) is 0 Å². The molecular weight excluding hydrogens is 303 g/mol. The molecule has 0 aromatic heterocycles. The third kappa shape index (κ3) is 4.90. The molecule has 1 aromatic carbocycles. The molecule has 1 rings (SSSR count). The molecule has 0 aliphatic rings. The Morgan fingerprint density at radius 2 is 2.00 bits per heavy atom. The Morgan fingerprint density at radius 3 is 2.60 bits per heavy atom. The van der Waals surface area contributed by atoms with Crippen LogP contribution >= 0.6 is 23.2 Å². The number of ether oxygens (including phenoxy) is 1. The van der Waals surface area contributed by atoms with E-state index in [-0.39, 0.29) is 0 Å². The number of rotatable bonds is 4. The van der Waals surface area contributed by atoms with Crippen molar-refractivity contribution in [3.05, 3.63) is 28.2 Å². The summed E-state index contributed by atoms with van der Waals surface area (Å²) >= 11 is 11.6. The van der Waals surface area contributed by atoms with Crippen LogP contribution in [0.4, 0.5) is 15.3 Å². The zero-order valence-electron chi connectivity index (χ0n) is 11.3. The number of nitrogens with one attached hydrogen (secondary N) is 1. The van der Waals surface area contributed by atoms with Crippen molar-refractivity contribution < 1.29 is 14.3 Å². The first-order chi connectivity index (χ1) is 9.45. The molecule has 0 unspecified atom stereocenters. The summed E-state index contributed by atoms with van der Waals surface area (Å²) in [5.41, 5.74) is 0.442. The first-order valence-corrected chi connectivity index (χ1v) is 6.87. The van der Waals surface area contributed by atoms with E-state index in [0.717, 1.165) is 17.7 Å². The molecular formula is C13H16Cl2N2O3. The smallest absolute Gasteiger partial charge is 0.417 e. The van der Waals surface area contributed by atoms with Gasteiger partial charge in [-0.1, -0.05) is 36.5 Å². The summed E-state index contributed by atoms with van der Waals surface area (Å²) in [4.78, 5) is 24.2. The Hall–Kier alpha value is -1.46. The molecule has 3 amide bonds. The fourth-order valence-corrected chi connectivity index (χ4v) is 1.56. The van der Waals surface area contributed by atoms with Crippen LogP contribution in [-0.4, -0.2) is 30.7 Å². The molecule has 1 N–H and O–H groups in total. The first kappa shape index (κ1) is 16.6. The minimum atomic E-state index is -0.698. The van der Waals surface area contributed by atoms with Crippen LogP contribution in [0.1, 0.15) is 19.8 Å². The van der Waals surface area contributed by atoms with Gasteiger partial charge in [-0.2, -0.15) is 0 Å². The average Bonchev–Trinajstić information content (AvgIpc) is 2.42. The van der Waals surface area contributed by atoms with Gasteiger partial charge in [0.25, 0.3) is 0 Å². The monoisotopic (exact) mass is 318 g/mol. The number of urea groups is 1. The van der Waals surface area contributed by atoms with Gasteiger partial charge in [0.15, 0.2) is 0 Å². The van der Waals surface area contributed by atoms with Crippen LogP contribution in [0.15, 0.2) is 18.2 Å². The zero-order chi connectivity index (χ0) is 15.1. The summed E-state index contributed by atoms with van der Waals surface area (Å²) in [7, 11) is 1.33. The van der Waals surface area contributed by atoms with Gasteiger partial charge in [0, 0.05) is 12.7 Å². The lowest BCUT2D eigenvalue weighted by Gasteiger charge is -2.16. The van der Waals surface area contributed by atoms with Crippen molar-refractivity contribution in [3.8, 4) is 0 Å². The predicted molar refractivity (Wildman–Crippen MR) is 79.5 cm³/mol. The first-order valence-electron chi connectivity index (χ1n) is 6.12. The minimum Gasteiger partial charge on any atom is -0.449 e. The third-order valence-corrected chi connectivity index (χ3v) is 3.21. The van der Waals surface area contributed by atoms with Crippen LogP contribution in [0.2, 0.25) is 10.0 Å². The molecule has 0 saturated heterocycles. The number of nitrogens with zero attached hydrogens (tertiary/aromatic N) is 1. The van der Waals surface area contributed by atoms with E-state index < -0.39 is 12.1 Å². The molecule has 20 heavy (non-hydrogen) atoms. The number of halogens is 2. The SMILES string of the molecule is CCCCOC(=O)N(C)C(=O)Nc1ccc(Cl)c(Cl)c1. The van der Waals surface area contributed by atoms with Crippen molar-refractivity contribution >= 4 is 41.0 Å². The fourth-order valence-electron chi connectivity index (χ4n) is 1.26. The highest BCUT2D eigenvalue weighted by molar-refractivity contribution is 6.42. The van der Waals surface area contributed by atoms with E-state index in [1.807, 2.05) is 6.92 Å². The number of unbranched alkanes of at least 4 members (excludes halogenated alkanes) is 1. The van der Waals surface area contributed by atoms with Crippen molar-refractivity contribution in [1.29, 1.82) is 0 Å². The van der Waals surface area contributed by atoms with Crippen molar-refractivity contribution in [1.82, 2.24) is 4.90 Å². The van der Waals surface area contributed by atoms with Gasteiger partial charge in [0.1, 0.15) is 0 Å². The van der Waals surface area contributed by atoms with Gasteiger partial charge < -0.3 is 10.1 Å². The Balaban J connectivity index is 2.56. The number of benzene rings is 1. The Bertz CT molecular complexity index is 495. The number of anilines is 1. The minimum absolute atomic E-state index is 0.291. The van der Waals surface area contributed by atoms with Crippen LogP contribution in [-0.2, 0) is 4.74 Å². The molecule has 0 bridgehead atoms. The van der Waals surface area contributed by atoms with E-state index in [9.17, 15) is 9.59 Å². The Morgan fingerprint density at radius 1 is 1.30 bits per heavy atom. The van der Waals surface area contributed by atoms with E-state index >= 15 is 0 Å². The van der Waals surface area contributed by atoms with Gasteiger partial charge >= 0.3 is 12.1 Å². The number of carbonyl (C=O) groups excluding carboxylic acids is 2. The molecule has 0 aliphatic carbocycles. The predicted octanol–water partition coefficient (Wildman–Crippen LogP) is 4.39. The molecule has 7 heteroatoms. The summed E-state index contributed by atoms with van der Waals surface area (Å²) < 4.78 is 4.92. The van der Waals surface area contributed by atoms with E-state index in [0.29, 0.717) is 22.3 Å². The second-order valence-electron chi connectivity index (χ2n) is 4.09. The zero-order valence-corrected chi connectivity index (χ0v) is 12.8. The number of amides is 3. The summed E-state index contributed by atoms with van der Waals surface area (Å²) in [5, 5.41) is 3.23. The number of hydrogen-bond acceptors (Lipinski definition) is 3. The lowest BCUT2D eigenvalue weighted by atomic mass is 10.3. The van der Waals surface area contributed by atoms with E-state index in [1.54, 1.807) is 12.1 Å². The maximum absolute atomic E-state index is 11.8. The summed E-state index contributed by atoms with van der Waals surface area (Å²) in [5.74, 6) is 0. The van der Waals surface area contributed by atoms with Gasteiger partial charge in [-0.05, 0) is 24.6 Å². The lowest BCUT2D eigenvalue weighted by Crippen LogP contribution is -2.37. The maximum Gasteiger partial charge on any atom is 0.417 e. The van der Waals surface area contributed by atoms with Crippen molar-refractivity contribution in [3.63, 3.8) is 0 Å². The second-order valence-corrected chi connectivity index (χ2v) is 4.90. The third-order valence-electron chi connectivity index (χ3n) is 2.47. The maximum atomic E-state index is 11.8. The number of hydrogen-bond donors (Lipinski definition) is 1. The van der Waals surface area contributed by atoms with Crippen LogP contribution in [0.3, 0.4) is 0 Å². The molecule has 0 radical (unpaired) electrons. The molecule has 0 fully saturated rings. The topological polar surface area (TPSA) is 58.6 Å². The highest BCUT2D eigenvalue weighted by atomic mass is 35.5. The van der Waals surface area contributed by atoms with Crippen molar-refractivity contribution in [2.75, 3.05) is 19.0 Å². The quantitative estimate of drug-likeness (QED) is 0.837. The van der Waals surface area contributed by atoms with Crippen LogP contribution in [0, 0.1) is 0 Å². The Kier molecular flexibility index (Phi) is 6.61. The largest absolute Gasteiger partial charge is 0.449 e. The van der Waals surface area contributed by atoms with E-state index in [2.05, 4.69) is 5.32 Å². The van der Waals surface area contributed by atoms with Crippen LogP contribution < -0.4 is 5.32 Å². The number of carbonyl (C=O) groups is 2. The van der Waals surface area contributed by atoms with Crippen LogP contribution in [0.5, 0.6) is 0 Å². The number of imide groups is 1. The highest BCUT2D eigenvalue weighted by Gasteiger charge is 2.18. The van der Waals surface area contributed by atoms with Crippen molar-refractivity contribution in [2.24, 2.45) is 0 Å². The Labute approximate surface area is 127 Å². The normalized spacial score (nSPS) is 10.0. The molecule has 5 nitrogen and oxygen atoms in total. The molecule has 0 spiro atoms. The van der Waals surface area contributed by atoms with Crippen LogP contribution in [0.25, 0.3) is 0 Å². The van der Waals surface area contributed by atoms with Gasteiger partial charge in [-0.15, -0.1) is 0 Å².